The zero-order valence-corrected chi connectivity index (χ0v) is 26.8. The third kappa shape index (κ3) is 4.14. The van der Waals surface area contributed by atoms with Gasteiger partial charge in [0, 0.05) is 11.8 Å². The van der Waals surface area contributed by atoms with Crippen LogP contribution in [-0.2, 0) is 7.05 Å². The molecule has 0 aliphatic carbocycles. The number of imidazole rings is 4. The molecule has 0 amide bonds. The summed E-state index contributed by atoms with van der Waals surface area (Å²) in [7, 11) is 2.01. The van der Waals surface area contributed by atoms with Gasteiger partial charge in [0.05, 0.1) is 56.9 Å². The van der Waals surface area contributed by atoms with E-state index in [9.17, 15) is 0 Å². The van der Waals surface area contributed by atoms with Crippen molar-refractivity contribution < 1.29 is 9.30 Å². The summed E-state index contributed by atoms with van der Waals surface area (Å²) in [5.74, 6) is 2.98. The number of rotatable bonds is 5. The molecule has 10 aromatic rings. The van der Waals surface area contributed by atoms with Gasteiger partial charge < -0.3 is 13.9 Å². The van der Waals surface area contributed by atoms with Gasteiger partial charge in [-0.05, 0) is 67.1 Å². The van der Waals surface area contributed by atoms with Crippen LogP contribution >= 0.6 is 0 Å². The highest BCUT2D eigenvalue weighted by Gasteiger charge is 2.23. The lowest BCUT2D eigenvalue weighted by atomic mass is 10.2. The molecule has 0 saturated heterocycles. The first-order valence-electron chi connectivity index (χ1n) is 16.2. The van der Waals surface area contributed by atoms with Gasteiger partial charge in [-0.3, -0.25) is 8.97 Å². The van der Waals surface area contributed by atoms with Crippen molar-refractivity contribution in [1.82, 2.24) is 28.1 Å². The van der Waals surface area contributed by atoms with Gasteiger partial charge in [-0.15, -0.1) is 0 Å². The molecule has 0 fully saturated rings. The fourth-order valence-corrected chi connectivity index (χ4v) is 7.06. The third-order valence-corrected chi connectivity index (χ3v) is 9.30. The summed E-state index contributed by atoms with van der Waals surface area (Å²) in [4.78, 5) is 10.5. The zero-order chi connectivity index (χ0) is 32.6. The van der Waals surface area contributed by atoms with Crippen molar-refractivity contribution in [3.8, 4) is 28.8 Å². The average Bonchev–Trinajstić information content (AvgIpc) is 3.88. The zero-order valence-electron chi connectivity index (χ0n) is 26.8. The maximum absolute atomic E-state index is 6.61. The maximum Gasteiger partial charge on any atom is 0.244 e. The van der Waals surface area contributed by atoms with Gasteiger partial charge in [0.25, 0.3) is 0 Å². The summed E-state index contributed by atoms with van der Waals surface area (Å²) in [5.41, 5.74) is 11.2. The minimum Gasteiger partial charge on any atom is -0.458 e. The van der Waals surface area contributed by atoms with Crippen LogP contribution in [0, 0.1) is 13.3 Å². The minimum atomic E-state index is 0.710. The van der Waals surface area contributed by atoms with Crippen LogP contribution in [0.4, 0.5) is 0 Å². The molecule has 0 aliphatic rings. The number of benzene rings is 6. The first-order chi connectivity index (χ1) is 24.1. The standard InChI is InChI=1S/C41H29N7O/c1-27-12-10-21-37-39(27)43-41-47(37)36-23-22-31(49-30-16-11-15-29(24-30)45-26-44(2)34-19-8-9-20-35(34)45)25-38(36)48(41)40-42-32-17-6-7-18-33(32)46(40)28-13-4-3-5-14-28/h3-25H,1-2H3. The van der Waals surface area contributed by atoms with Crippen molar-refractivity contribution in [1.29, 1.82) is 0 Å². The Hall–Kier alpha value is -6.67. The summed E-state index contributed by atoms with van der Waals surface area (Å²) < 4.78 is 17.3. The fourth-order valence-electron chi connectivity index (χ4n) is 7.06. The normalized spacial score (nSPS) is 11.9. The summed E-state index contributed by atoms with van der Waals surface area (Å²) in [6.07, 6.45) is 3.43. The molecule has 10 rings (SSSR count). The van der Waals surface area contributed by atoms with E-state index in [4.69, 9.17) is 14.7 Å². The minimum absolute atomic E-state index is 0.710. The van der Waals surface area contributed by atoms with Gasteiger partial charge in [0.1, 0.15) is 11.5 Å². The Kier molecular flexibility index (Phi) is 5.83. The molecular weight excluding hydrogens is 606 g/mol. The second-order valence-corrected chi connectivity index (χ2v) is 12.3. The van der Waals surface area contributed by atoms with Crippen molar-refractivity contribution in [2.45, 2.75) is 6.92 Å². The second-order valence-electron chi connectivity index (χ2n) is 12.3. The van der Waals surface area contributed by atoms with E-state index in [0.717, 1.165) is 78.5 Å². The first kappa shape index (κ1) is 27.4. The van der Waals surface area contributed by atoms with Crippen LogP contribution in [0.3, 0.4) is 0 Å². The fraction of sp³-hybridized carbons (Fsp3) is 0.0488. The van der Waals surface area contributed by atoms with Crippen LogP contribution in [0.25, 0.3) is 67.2 Å². The molecule has 0 atom stereocenters. The molecule has 0 aliphatic heterocycles. The molecule has 0 bridgehead atoms. The SMILES string of the molecule is Cc1cccc2c1nc1n(-c3nc4ccccc4n3-c3ccccc3)c3cc(Oc4cccc(-n5[c-][n+](C)c6ccccc65)c4)ccc3n21. The van der Waals surface area contributed by atoms with Crippen molar-refractivity contribution in [2.75, 3.05) is 0 Å². The molecule has 0 unspecified atom stereocenters. The van der Waals surface area contributed by atoms with E-state index >= 15 is 0 Å². The Morgan fingerprint density at radius 3 is 2.22 bits per heavy atom. The van der Waals surface area contributed by atoms with E-state index in [1.165, 1.54) is 0 Å². The molecule has 6 aromatic carbocycles. The van der Waals surface area contributed by atoms with Gasteiger partial charge in [-0.1, -0.05) is 78.9 Å². The van der Waals surface area contributed by atoms with Gasteiger partial charge >= 0.3 is 0 Å². The van der Waals surface area contributed by atoms with Gasteiger partial charge in [0.15, 0.2) is 0 Å². The molecule has 8 heteroatoms. The second kappa shape index (κ2) is 10.4. The number of fused-ring (bicyclic) bond motifs is 7. The number of hydrogen-bond acceptors (Lipinski definition) is 3. The van der Waals surface area contributed by atoms with Crippen LogP contribution in [-0.4, -0.2) is 28.1 Å². The molecule has 0 saturated carbocycles. The highest BCUT2D eigenvalue weighted by atomic mass is 16.5. The van der Waals surface area contributed by atoms with Crippen LogP contribution in [0.1, 0.15) is 5.56 Å². The lowest BCUT2D eigenvalue weighted by Gasteiger charge is -2.12. The molecule has 49 heavy (non-hydrogen) atoms. The molecule has 0 spiro atoms. The maximum atomic E-state index is 6.61. The molecule has 8 nitrogen and oxygen atoms in total. The number of para-hydroxylation sites is 6. The van der Waals surface area contributed by atoms with Crippen LogP contribution < -0.4 is 9.30 Å². The average molecular weight is 636 g/mol. The lowest BCUT2D eigenvalue weighted by Crippen LogP contribution is -2.26. The Labute approximate surface area is 280 Å². The van der Waals surface area contributed by atoms with E-state index in [0.29, 0.717) is 5.75 Å². The van der Waals surface area contributed by atoms with E-state index in [1.54, 1.807) is 0 Å². The van der Waals surface area contributed by atoms with E-state index < -0.39 is 0 Å². The summed E-state index contributed by atoms with van der Waals surface area (Å²) in [6, 6.07) is 47.6. The van der Waals surface area contributed by atoms with E-state index in [2.05, 4.69) is 122 Å². The number of ether oxygens (including phenoxy) is 1. The molecule has 234 valence electrons. The molecule has 0 radical (unpaired) electrons. The number of aryl methyl sites for hydroxylation is 2. The number of hydrogen-bond donors (Lipinski definition) is 0. The summed E-state index contributed by atoms with van der Waals surface area (Å²) in [5, 5.41) is 0. The Balaban J connectivity index is 1.19. The van der Waals surface area contributed by atoms with Gasteiger partial charge in [-0.2, -0.15) is 0 Å². The molecular formula is C41H29N7O. The van der Waals surface area contributed by atoms with Crippen molar-refractivity contribution >= 4 is 49.9 Å². The quantitative estimate of drug-likeness (QED) is 0.141. The highest BCUT2D eigenvalue weighted by Crippen LogP contribution is 2.35. The Bertz CT molecular complexity index is 2890. The smallest absolute Gasteiger partial charge is 0.244 e. The largest absolute Gasteiger partial charge is 0.458 e. The van der Waals surface area contributed by atoms with Crippen molar-refractivity contribution in [3.63, 3.8) is 0 Å². The number of aromatic nitrogens is 7. The van der Waals surface area contributed by atoms with Crippen molar-refractivity contribution in [2.24, 2.45) is 7.05 Å². The summed E-state index contributed by atoms with van der Waals surface area (Å²) in [6.45, 7) is 2.11. The van der Waals surface area contributed by atoms with Gasteiger partial charge in [0.2, 0.25) is 18.1 Å². The lowest BCUT2D eigenvalue weighted by molar-refractivity contribution is -0.649. The molecule has 0 N–H and O–H groups in total. The topological polar surface area (TPSA) is 58.1 Å². The first-order valence-corrected chi connectivity index (χ1v) is 16.2. The number of nitrogens with zero attached hydrogens (tertiary/aromatic N) is 7. The predicted octanol–water partition coefficient (Wildman–Crippen LogP) is 8.44. The monoisotopic (exact) mass is 635 g/mol. The van der Waals surface area contributed by atoms with E-state index in [1.807, 2.05) is 60.1 Å². The summed E-state index contributed by atoms with van der Waals surface area (Å²) >= 11 is 0. The van der Waals surface area contributed by atoms with Crippen LogP contribution in [0.5, 0.6) is 11.5 Å². The van der Waals surface area contributed by atoms with Gasteiger partial charge in [-0.25, -0.2) is 14.5 Å². The van der Waals surface area contributed by atoms with Crippen LogP contribution in [0.2, 0.25) is 0 Å². The van der Waals surface area contributed by atoms with Crippen molar-refractivity contribution in [3.05, 3.63) is 151 Å². The van der Waals surface area contributed by atoms with E-state index in [-0.39, 0.29) is 0 Å². The molecule has 4 aromatic heterocycles. The Morgan fingerprint density at radius 2 is 1.33 bits per heavy atom. The molecule has 4 heterocycles. The Morgan fingerprint density at radius 1 is 0.592 bits per heavy atom. The van der Waals surface area contributed by atoms with Crippen LogP contribution in [0.15, 0.2) is 140 Å². The highest BCUT2D eigenvalue weighted by molar-refractivity contribution is 5.94. The predicted molar refractivity (Wildman–Crippen MR) is 192 cm³/mol. The third-order valence-electron chi connectivity index (χ3n) is 9.30.